The van der Waals surface area contributed by atoms with Crippen LogP contribution < -0.4 is 5.32 Å². The quantitative estimate of drug-likeness (QED) is 0.731. The predicted molar refractivity (Wildman–Crippen MR) is 66.2 cm³/mol. The summed E-state index contributed by atoms with van der Waals surface area (Å²) >= 11 is 0. The highest BCUT2D eigenvalue weighted by Gasteiger charge is 2.04. The molecule has 0 fully saturated rings. The van der Waals surface area contributed by atoms with Crippen molar-refractivity contribution in [1.82, 2.24) is 29.4 Å². The Bertz CT molecular complexity index is 641. The van der Waals surface area contributed by atoms with E-state index in [0.29, 0.717) is 5.78 Å². The van der Waals surface area contributed by atoms with Crippen LogP contribution in [0, 0.1) is 6.92 Å². The number of hydrogen-bond acceptors (Lipinski definition) is 5. The van der Waals surface area contributed by atoms with Crippen molar-refractivity contribution >= 4 is 11.6 Å². The molecular weight excluding hydrogens is 230 g/mol. The van der Waals surface area contributed by atoms with Gasteiger partial charge < -0.3 is 5.32 Å². The molecule has 3 aromatic heterocycles. The van der Waals surface area contributed by atoms with Crippen LogP contribution in [0.15, 0.2) is 30.9 Å². The molecule has 1 N–H and O–H groups in total. The Balaban J connectivity index is 1.75. The molecule has 18 heavy (non-hydrogen) atoms. The van der Waals surface area contributed by atoms with Crippen LogP contribution in [0.25, 0.3) is 5.78 Å². The second-order valence-electron chi connectivity index (χ2n) is 3.95. The van der Waals surface area contributed by atoms with Gasteiger partial charge in [-0.3, -0.25) is 4.68 Å². The Morgan fingerprint density at radius 3 is 3.11 bits per heavy atom. The van der Waals surface area contributed by atoms with E-state index in [1.54, 1.807) is 10.7 Å². The van der Waals surface area contributed by atoms with E-state index in [0.717, 1.165) is 24.6 Å². The summed E-state index contributed by atoms with van der Waals surface area (Å²) in [6, 6.07) is 3.86. The zero-order chi connectivity index (χ0) is 12.4. The van der Waals surface area contributed by atoms with Gasteiger partial charge in [-0.15, -0.1) is 0 Å². The Morgan fingerprint density at radius 1 is 1.33 bits per heavy atom. The maximum atomic E-state index is 4.29. The molecule has 0 aliphatic carbocycles. The Labute approximate surface area is 103 Å². The van der Waals surface area contributed by atoms with E-state index >= 15 is 0 Å². The van der Waals surface area contributed by atoms with Gasteiger partial charge in [0.15, 0.2) is 0 Å². The molecule has 0 unspecified atom stereocenters. The fourth-order valence-electron chi connectivity index (χ4n) is 1.79. The molecule has 0 bridgehead atoms. The van der Waals surface area contributed by atoms with E-state index in [9.17, 15) is 0 Å². The second kappa shape index (κ2) is 4.44. The molecule has 7 nitrogen and oxygen atoms in total. The fraction of sp³-hybridized carbons (Fsp3) is 0.273. The molecule has 0 aliphatic rings. The smallest absolute Gasteiger partial charge is 0.254 e. The lowest BCUT2D eigenvalue weighted by Crippen LogP contribution is -2.13. The average molecular weight is 243 g/mol. The van der Waals surface area contributed by atoms with Gasteiger partial charge in [0.2, 0.25) is 0 Å². The van der Waals surface area contributed by atoms with E-state index in [4.69, 9.17) is 0 Å². The van der Waals surface area contributed by atoms with Crippen LogP contribution in [0.3, 0.4) is 0 Å². The number of nitrogens with one attached hydrogen (secondary N) is 1. The maximum Gasteiger partial charge on any atom is 0.254 e. The molecule has 0 atom stereocenters. The summed E-state index contributed by atoms with van der Waals surface area (Å²) in [4.78, 5) is 8.37. The number of aryl methyl sites for hydroxylation is 1. The summed E-state index contributed by atoms with van der Waals surface area (Å²) in [5, 5.41) is 11.6. The topological polar surface area (TPSA) is 72.9 Å². The lowest BCUT2D eigenvalue weighted by molar-refractivity contribution is 0.636. The van der Waals surface area contributed by atoms with Gasteiger partial charge in [-0.2, -0.15) is 19.7 Å². The molecule has 92 valence electrons. The normalized spacial score (nSPS) is 10.9. The van der Waals surface area contributed by atoms with Crippen molar-refractivity contribution in [2.75, 3.05) is 11.9 Å². The van der Waals surface area contributed by atoms with Crippen LogP contribution in [0.1, 0.15) is 5.69 Å². The third kappa shape index (κ3) is 2.02. The summed E-state index contributed by atoms with van der Waals surface area (Å²) in [7, 11) is 0. The van der Waals surface area contributed by atoms with E-state index in [2.05, 4.69) is 25.5 Å². The van der Waals surface area contributed by atoms with Gasteiger partial charge in [0, 0.05) is 30.7 Å². The van der Waals surface area contributed by atoms with Crippen molar-refractivity contribution in [2.45, 2.75) is 13.5 Å². The minimum atomic E-state index is 0.608. The molecule has 0 saturated carbocycles. The summed E-state index contributed by atoms with van der Waals surface area (Å²) in [5.74, 6) is 1.50. The largest absolute Gasteiger partial charge is 0.368 e. The van der Waals surface area contributed by atoms with E-state index in [1.165, 1.54) is 6.33 Å². The second-order valence-corrected chi connectivity index (χ2v) is 3.95. The minimum absolute atomic E-state index is 0.608. The van der Waals surface area contributed by atoms with Crippen LogP contribution in [0.2, 0.25) is 0 Å². The van der Waals surface area contributed by atoms with Gasteiger partial charge in [-0.25, -0.2) is 4.98 Å². The van der Waals surface area contributed by atoms with Crippen molar-refractivity contribution in [3.8, 4) is 0 Å². The monoisotopic (exact) mass is 243 g/mol. The average Bonchev–Trinajstić information content (AvgIpc) is 2.98. The maximum absolute atomic E-state index is 4.29. The first kappa shape index (κ1) is 10.7. The summed E-state index contributed by atoms with van der Waals surface area (Å²) in [5.41, 5.74) is 0.914. The van der Waals surface area contributed by atoms with Gasteiger partial charge in [-0.1, -0.05) is 0 Å². The first-order chi connectivity index (χ1) is 8.83. The van der Waals surface area contributed by atoms with Crippen LogP contribution in [0.4, 0.5) is 5.82 Å². The zero-order valence-corrected chi connectivity index (χ0v) is 9.98. The van der Waals surface area contributed by atoms with Crippen LogP contribution in [-0.2, 0) is 6.54 Å². The van der Waals surface area contributed by atoms with E-state index in [1.807, 2.05) is 29.9 Å². The zero-order valence-electron chi connectivity index (χ0n) is 9.98. The van der Waals surface area contributed by atoms with E-state index in [-0.39, 0.29) is 0 Å². The van der Waals surface area contributed by atoms with Gasteiger partial charge >= 0.3 is 0 Å². The Kier molecular flexibility index (Phi) is 2.64. The molecule has 3 rings (SSSR count). The third-order valence-electron chi connectivity index (χ3n) is 2.59. The highest BCUT2D eigenvalue weighted by molar-refractivity contribution is 5.44. The lowest BCUT2D eigenvalue weighted by Gasteiger charge is -2.08. The van der Waals surface area contributed by atoms with Crippen molar-refractivity contribution in [3.63, 3.8) is 0 Å². The van der Waals surface area contributed by atoms with Crippen LogP contribution in [-0.4, -0.2) is 35.9 Å². The fourth-order valence-corrected chi connectivity index (χ4v) is 1.79. The van der Waals surface area contributed by atoms with Gasteiger partial charge in [0.05, 0.1) is 6.54 Å². The standard InChI is InChI=1S/C11H13N7/c1-9-7-10(18-11(16-9)13-8-15-18)12-4-6-17-5-2-3-14-17/h2-3,5,7-8,12H,4,6H2,1H3. The number of aromatic nitrogens is 6. The van der Waals surface area contributed by atoms with Crippen LogP contribution >= 0.6 is 0 Å². The summed E-state index contributed by atoms with van der Waals surface area (Å²) in [6.45, 7) is 3.50. The molecule has 0 aromatic carbocycles. The molecular formula is C11H13N7. The summed E-state index contributed by atoms with van der Waals surface area (Å²) < 4.78 is 3.57. The van der Waals surface area contributed by atoms with Gasteiger partial charge in [-0.05, 0) is 13.0 Å². The molecule has 0 amide bonds. The Morgan fingerprint density at radius 2 is 2.28 bits per heavy atom. The van der Waals surface area contributed by atoms with Crippen LogP contribution in [0.5, 0.6) is 0 Å². The highest BCUT2D eigenvalue weighted by Crippen LogP contribution is 2.09. The van der Waals surface area contributed by atoms with Gasteiger partial charge in [0.25, 0.3) is 5.78 Å². The predicted octanol–water partition coefficient (Wildman–Crippen LogP) is 0.741. The van der Waals surface area contributed by atoms with Crippen molar-refractivity contribution < 1.29 is 0 Å². The minimum Gasteiger partial charge on any atom is -0.368 e. The molecule has 7 heteroatoms. The molecule has 0 aliphatic heterocycles. The number of rotatable bonds is 4. The number of nitrogens with zero attached hydrogens (tertiary/aromatic N) is 6. The van der Waals surface area contributed by atoms with Gasteiger partial charge in [0.1, 0.15) is 12.1 Å². The van der Waals surface area contributed by atoms with Crippen molar-refractivity contribution in [2.24, 2.45) is 0 Å². The first-order valence-corrected chi connectivity index (χ1v) is 5.71. The SMILES string of the molecule is Cc1cc(NCCn2cccn2)n2ncnc2n1. The third-order valence-corrected chi connectivity index (χ3v) is 2.59. The van der Waals surface area contributed by atoms with E-state index < -0.39 is 0 Å². The van der Waals surface area contributed by atoms with Crippen molar-refractivity contribution in [1.29, 1.82) is 0 Å². The molecule has 0 radical (unpaired) electrons. The lowest BCUT2D eigenvalue weighted by atomic mass is 10.4. The molecule has 3 aromatic rings. The number of anilines is 1. The number of hydrogen-bond donors (Lipinski definition) is 1. The number of fused-ring (bicyclic) bond motifs is 1. The molecule has 0 spiro atoms. The first-order valence-electron chi connectivity index (χ1n) is 5.71. The Hall–Kier alpha value is -2.44. The highest BCUT2D eigenvalue weighted by atomic mass is 15.4. The van der Waals surface area contributed by atoms with Crippen molar-refractivity contribution in [3.05, 3.63) is 36.5 Å². The summed E-state index contributed by atoms with van der Waals surface area (Å²) in [6.07, 6.45) is 5.21. The molecule has 0 saturated heterocycles. The molecule has 3 heterocycles.